The van der Waals surface area contributed by atoms with Gasteiger partial charge in [-0.3, -0.25) is 4.79 Å². The first-order chi connectivity index (χ1) is 15.0. The van der Waals surface area contributed by atoms with E-state index in [1.54, 1.807) is 37.4 Å². The highest BCUT2D eigenvalue weighted by atomic mass is 16.6. The third-order valence-corrected chi connectivity index (χ3v) is 5.07. The van der Waals surface area contributed by atoms with Crippen LogP contribution in [0.15, 0.2) is 30.3 Å². The molecule has 11 nitrogen and oxygen atoms in total. The average Bonchev–Trinajstić information content (AvgIpc) is 3.41. The molecule has 1 unspecified atom stereocenters. The van der Waals surface area contributed by atoms with Gasteiger partial charge in [-0.2, -0.15) is 11.1 Å². The van der Waals surface area contributed by atoms with Crippen LogP contribution in [0.5, 0.6) is 17.2 Å². The number of nitrogens with one attached hydrogen (secondary N) is 5. The quantitative estimate of drug-likeness (QED) is 0.407. The lowest BCUT2D eigenvalue weighted by Gasteiger charge is -2.16. The number of anilines is 1. The number of benzene rings is 2. The summed E-state index contributed by atoms with van der Waals surface area (Å²) in [6.07, 6.45) is -1.03. The van der Waals surface area contributed by atoms with Gasteiger partial charge in [-0.1, -0.05) is 6.07 Å². The molecular formula is C20H23N5O6. The van der Waals surface area contributed by atoms with Crippen molar-refractivity contribution >= 4 is 17.6 Å². The summed E-state index contributed by atoms with van der Waals surface area (Å²) in [7, 11) is 4.51. The predicted molar refractivity (Wildman–Crippen MR) is 109 cm³/mol. The van der Waals surface area contributed by atoms with Gasteiger partial charge in [0, 0.05) is 16.8 Å². The number of amides is 1. The molecule has 11 heteroatoms. The van der Waals surface area contributed by atoms with E-state index >= 15 is 0 Å². The summed E-state index contributed by atoms with van der Waals surface area (Å²) in [6.45, 7) is 0. The standard InChI is InChI=1S/C20H23N5O6/c1-28-13-6-4-10(8-12(13)19-22-24-25-23-19)21-16(26)9-15-11-5-7-14(29-2)18(30-3)17(11)20(27)31-15/h4-8,15,19,22-25H,9H2,1-3H3,(H,21,26). The number of carbonyl (C=O) groups is 2. The number of fused-ring (bicyclic) bond motifs is 1. The Bertz CT molecular complexity index is 1010. The Hall–Kier alpha value is -3.38. The van der Waals surface area contributed by atoms with Gasteiger partial charge < -0.3 is 24.3 Å². The summed E-state index contributed by atoms with van der Waals surface area (Å²) < 4.78 is 21.4. The average molecular weight is 429 g/mol. The van der Waals surface area contributed by atoms with Crippen molar-refractivity contribution < 1.29 is 28.5 Å². The number of hydrazine groups is 3. The first kappa shape index (κ1) is 20.9. The maximum absolute atomic E-state index is 12.7. The molecule has 0 spiro atoms. The fraction of sp³-hybridized carbons (Fsp3) is 0.300. The summed E-state index contributed by atoms with van der Waals surface area (Å²) in [4.78, 5) is 25.1. The normalized spacial score (nSPS) is 17.8. The van der Waals surface area contributed by atoms with E-state index in [9.17, 15) is 9.59 Å². The van der Waals surface area contributed by atoms with Crippen molar-refractivity contribution in [1.82, 2.24) is 21.9 Å². The molecule has 0 saturated carbocycles. The van der Waals surface area contributed by atoms with Crippen LogP contribution in [0.1, 0.15) is 40.2 Å². The van der Waals surface area contributed by atoms with Crippen LogP contribution >= 0.6 is 0 Å². The van der Waals surface area contributed by atoms with Gasteiger partial charge >= 0.3 is 5.97 Å². The van der Waals surface area contributed by atoms with Gasteiger partial charge in [0.1, 0.15) is 23.6 Å². The first-order valence-corrected chi connectivity index (χ1v) is 9.50. The molecule has 2 aliphatic rings. The Morgan fingerprint density at radius 3 is 2.39 bits per heavy atom. The zero-order valence-corrected chi connectivity index (χ0v) is 17.2. The second kappa shape index (κ2) is 8.78. The molecule has 31 heavy (non-hydrogen) atoms. The summed E-state index contributed by atoms with van der Waals surface area (Å²) in [6, 6.07) is 8.68. The van der Waals surface area contributed by atoms with Crippen molar-refractivity contribution in [3.63, 3.8) is 0 Å². The minimum absolute atomic E-state index is 0.0430. The molecule has 0 aromatic heterocycles. The van der Waals surface area contributed by atoms with Crippen LogP contribution in [0.3, 0.4) is 0 Å². The molecule has 0 bridgehead atoms. The van der Waals surface area contributed by atoms with Crippen LogP contribution in [-0.2, 0) is 9.53 Å². The number of hydrogen-bond acceptors (Lipinski definition) is 10. The van der Waals surface area contributed by atoms with Crippen molar-refractivity contribution in [2.75, 3.05) is 26.6 Å². The molecule has 2 aromatic carbocycles. The van der Waals surface area contributed by atoms with Crippen LogP contribution in [0.4, 0.5) is 5.69 Å². The third-order valence-electron chi connectivity index (χ3n) is 5.07. The van der Waals surface area contributed by atoms with E-state index in [0.29, 0.717) is 28.5 Å². The number of cyclic esters (lactones) is 1. The molecule has 0 radical (unpaired) electrons. The summed E-state index contributed by atoms with van der Waals surface area (Å²) in [5.41, 5.74) is 13.7. The summed E-state index contributed by atoms with van der Waals surface area (Å²) in [5.74, 6) is 0.515. The molecule has 0 aliphatic carbocycles. The maximum atomic E-state index is 12.7. The Morgan fingerprint density at radius 2 is 1.71 bits per heavy atom. The first-order valence-electron chi connectivity index (χ1n) is 9.50. The minimum atomic E-state index is -0.716. The molecule has 4 rings (SSSR count). The van der Waals surface area contributed by atoms with E-state index in [-0.39, 0.29) is 24.1 Å². The molecule has 2 aliphatic heterocycles. The predicted octanol–water partition coefficient (Wildman–Crippen LogP) is 1.07. The van der Waals surface area contributed by atoms with E-state index in [0.717, 1.165) is 5.56 Å². The van der Waals surface area contributed by atoms with Crippen molar-refractivity contribution in [2.24, 2.45) is 0 Å². The van der Waals surface area contributed by atoms with E-state index in [2.05, 4.69) is 27.2 Å². The Balaban J connectivity index is 1.51. The monoisotopic (exact) mass is 429 g/mol. The Morgan fingerprint density at radius 1 is 1.00 bits per heavy atom. The molecule has 2 heterocycles. The van der Waals surface area contributed by atoms with Gasteiger partial charge in [-0.15, -0.1) is 0 Å². The lowest BCUT2D eigenvalue weighted by molar-refractivity contribution is -0.118. The molecule has 1 fully saturated rings. The minimum Gasteiger partial charge on any atom is -0.496 e. The maximum Gasteiger partial charge on any atom is 0.343 e. The van der Waals surface area contributed by atoms with Crippen LogP contribution in [0, 0.1) is 0 Å². The molecule has 1 atom stereocenters. The van der Waals surface area contributed by atoms with Crippen molar-refractivity contribution in [3.05, 3.63) is 47.0 Å². The van der Waals surface area contributed by atoms with E-state index in [1.165, 1.54) is 14.2 Å². The summed E-state index contributed by atoms with van der Waals surface area (Å²) in [5, 5.41) is 2.84. The second-order valence-corrected chi connectivity index (χ2v) is 6.84. The van der Waals surface area contributed by atoms with Crippen LogP contribution < -0.4 is 41.4 Å². The highest BCUT2D eigenvalue weighted by molar-refractivity contribution is 5.99. The number of rotatable bonds is 7. The molecule has 164 valence electrons. The fourth-order valence-electron chi connectivity index (χ4n) is 3.65. The SMILES string of the molecule is COc1ccc(NC(=O)CC2OC(=O)c3c2ccc(OC)c3OC)cc1C1NNNN1. The fourth-order valence-corrected chi connectivity index (χ4v) is 3.65. The van der Waals surface area contributed by atoms with Crippen LogP contribution in [0.2, 0.25) is 0 Å². The zero-order valence-electron chi connectivity index (χ0n) is 17.2. The molecule has 5 N–H and O–H groups in total. The molecule has 1 amide bonds. The van der Waals surface area contributed by atoms with Gasteiger partial charge in [-0.25, -0.2) is 15.6 Å². The lowest BCUT2D eigenvalue weighted by Crippen LogP contribution is -2.33. The third kappa shape index (κ3) is 3.99. The molecule has 2 aromatic rings. The largest absolute Gasteiger partial charge is 0.496 e. The van der Waals surface area contributed by atoms with Gasteiger partial charge in [0.2, 0.25) is 5.91 Å². The van der Waals surface area contributed by atoms with Gasteiger partial charge in [0.25, 0.3) is 0 Å². The number of methoxy groups -OCH3 is 3. The lowest BCUT2D eigenvalue weighted by atomic mass is 10.0. The number of esters is 1. The van der Waals surface area contributed by atoms with Gasteiger partial charge in [-0.05, 0) is 24.3 Å². The van der Waals surface area contributed by atoms with Crippen molar-refractivity contribution in [1.29, 1.82) is 0 Å². The highest BCUT2D eigenvalue weighted by Crippen LogP contribution is 2.43. The highest BCUT2D eigenvalue weighted by Gasteiger charge is 2.37. The topological polar surface area (TPSA) is 131 Å². The number of hydrogen-bond donors (Lipinski definition) is 5. The van der Waals surface area contributed by atoms with E-state index in [4.69, 9.17) is 18.9 Å². The second-order valence-electron chi connectivity index (χ2n) is 6.84. The van der Waals surface area contributed by atoms with E-state index < -0.39 is 12.1 Å². The number of carbonyl (C=O) groups excluding carboxylic acids is 2. The zero-order chi connectivity index (χ0) is 22.0. The van der Waals surface area contributed by atoms with E-state index in [1.807, 2.05) is 0 Å². The van der Waals surface area contributed by atoms with Gasteiger partial charge in [0.05, 0.1) is 27.8 Å². The van der Waals surface area contributed by atoms with Crippen LogP contribution in [-0.4, -0.2) is 33.2 Å². The molecule has 1 saturated heterocycles. The number of ether oxygens (including phenoxy) is 4. The summed E-state index contributed by atoms with van der Waals surface area (Å²) >= 11 is 0. The molecular weight excluding hydrogens is 406 g/mol. The van der Waals surface area contributed by atoms with Crippen molar-refractivity contribution in [3.8, 4) is 17.2 Å². The van der Waals surface area contributed by atoms with Crippen molar-refractivity contribution in [2.45, 2.75) is 18.7 Å². The van der Waals surface area contributed by atoms with Crippen LogP contribution in [0.25, 0.3) is 0 Å². The Labute approximate surface area is 178 Å². The smallest absolute Gasteiger partial charge is 0.343 e. The van der Waals surface area contributed by atoms with Gasteiger partial charge in [0.15, 0.2) is 11.5 Å². The Kier molecular flexibility index (Phi) is 5.91.